The summed E-state index contributed by atoms with van der Waals surface area (Å²) in [6.07, 6.45) is 2.42. The molecule has 3 saturated heterocycles. The Morgan fingerprint density at radius 2 is 1.76 bits per heavy atom. The number of aromatic nitrogens is 1. The maximum Gasteiger partial charge on any atom is 0.180 e. The Kier molecular flexibility index (Phi) is 6.40. The fraction of sp³-hybridized carbons (Fsp3) is 0.519. The van der Waals surface area contributed by atoms with Gasteiger partial charge in [-0.1, -0.05) is 29.4 Å². The first kappa shape index (κ1) is 21.9. The number of hydrogen-bond donors (Lipinski definition) is 0. The number of ether oxygens (including phenoxy) is 2. The zero-order valence-corrected chi connectivity index (χ0v) is 19.8. The number of anilines is 1. The lowest BCUT2D eigenvalue weighted by molar-refractivity contribution is 0.0342. The number of piperazine rings is 1. The molecule has 0 bridgehead atoms. The molecule has 0 amide bonds. The molecule has 0 aliphatic carbocycles. The fourth-order valence-electron chi connectivity index (χ4n) is 5.61. The van der Waals surface area contributed by atoms with Crippen LogP contribution in [0.15, 0.2) is 53.1 Å². The highest BCUT2D eigenvalue weighted by atomic mass is 16.5. The van der Waals surface area contributed by atoms with E-state index in [0.29, 0.717) is 12.0 Å². The number of para-hydroxylation sites is 1. The van der Waals surface area contributed by atoms with Crippen molar-refractivity contribution in [1.82, 2.24) is 15.0 Å². The molecule has 7 nitrogen and oxygen atoms in total. The Hall–Kier alpha value is -2.61. The van der Waals surface area contributed by atoms with E-state index >= 15 is 0 Å². The van der Waals surface area contributed by atoms with Gasteiger partial charge in [-0.05, 0) is 42.7 Å². The molecule has 3 fully saturated rings. The quantitative estimate of drug-likeness (QED) is 0.554. The summed E-state index contributed by atoms with van der Waals surface area (Å²) in [6.45, 7) is 9.71. The topological polar surface area (TPSA) is 54.2 Å². The minimum absolute atomic E-state index is 0.583. The van der Waals surface area contributed by atoms with Crippen molar-refractivity contribution in [1.29, 1.82) is 0 Å². The molecule has 34 heavy (non-hydrogen) atoms. The van der Waals surface area contributed by atoms with Gasteiger partial charge in [0.2, 0.25) is 0 Å². The highest BCUT2D eigenvalue weighted by molar-refractivity contribution is 5.88. The monoisotopic (exact) mass is 462 g/mol. The summed E-state index contributed by atoms with van der Waals surface area (Å²) in [5.74, 6) is 2.57. The largest absolute Gasteiger partial charge is 0.493 e. The summed E-state index contributed by atoms with van der Waals surface area (Å²) in [7, 11) is 0. The van der Waals surface area contributed by atoms with Crippen LogP contribution < -0.4 is 9.64 Å². The normalized spacial score (nSPS) is 24.3. The van der Waals surface area contributed by atoms with Crippen molar-refractivity contribution in [2.45, 2.75) is 25.4 Å². The molecule has 2 atom stereocenters. The lowest BCUT2D eigenvalue weighted by atomic mass is 9.91. The van der Waals surface area contributed by atoms with Gasteiger partial charge in [0.05, 0.1) is 25.2 Å². The summed E-state index contributed by atoms with van der Waals surface area (Å²) in [6, 6.07) is 17.4. The third kappa shape index (κ3) is 4.78. The van der Waals surface area contributed by atoms with Gasteiger partial charge >= 0.3 is 0 Å². The predicted molar refractivity (Wildman–Crippen MR) is 132 cm³/mol. The molecule has 0 unspecified atom stereocenters. The van der Waals surface area contributed by atoms with Crippen LogP contribution in [0.1, 0.15) is 18.4 Å². The second-order valence-corrected chi connectivity index (χ2v) is 9.88. The van der Waals surface area contributed by atoms with Gasteiger partial charge in [-0.3, -0.25) is 9.80 Å². The van der Waals surface area contributed by atoms with E-state index in [0.717, 1.165) is 88.2 Å². The van der Waals surface area contributed by atoms with Crippen LogP contribution in [0.5, 0.6) is 5.75 Å². The average molecular weight is 463 g/mol. The van der Waals surface area contributed by atoms with Gasteiger partial charge in [-0.25, -0.2) is 0 Å². The third-order valence-corrected chi connectivity index (χ3v) is 7.58. The smallest absolute Gasteiger partial charge is 0.180 e. The summed E-state index contributed by atoms with van der Waals surface area (Å²) >= 11 is 0. The summed E-state index contributed by atoms with van der Waals surface area (Å²) in [5.41, 5.74) is 2.21. The second-order valence-electron chi connectivity index (χ2n) is 9.88. The van der Waals surface area contributed by atoms with Crippen molar-refractivity contribution in [3.8, 4) is 5.75 Å². The van der Waals surface area contributed by atoms with E-state index in [-0.39, 0.29) is 0 Å². The minimum atomic E-state index is 0.583. The van der Waals surface area contributed by atoms with Crippen LogP contribution in [0.4, 0.5) is 5.82 Å². The van der Waals surface area contributed by atoms with Crippen molar-refractivity contribution >= 4 is 16.8 Å². The van der Waals surface area contributed by atoms with Crippen LogP contribution in [0.3, 0.4) is 0 Å². The Morgan fingerprint density at radius 1 is 0.912 bits per heavy atom. The van der Waals surface area contributed by atoms with Crippen molar-refractivity contribution in [3.63, 3.8) is 0 Å². The highest BCUT2D eigenvalue weighted by Gasteiger charge is 2.34. The molecule has 3 aromatic rings. The van der Waals surface area contributed by atoms with Crippen LogP contribution in [0.25, 0.3) is 11.0 Å². The first-order chi connectivity index (χ1) is 16.8. The Labute approximate surface area is 201 Å². The van der Waals surface area contributed by atoms with E-state index < -0.39 is 0 Å². The van der Waals surface area contributed by atoms with Gasteiger partial charge in [0.25, 0.3) is 0 Å². The van der Waals surface area contributed by atoms with E-state index in [2.05, 4.69) is 56.3 Å². The van der Waals surface area contributed by atoms with E-state index in [9.17, 15) is 0 Å². The summed E-state index contributed by atoms with van der Waals surface area (Å²) in [5, 5.41) is 5.50. The second kappa shape index (κ2) is 9.94. The van der Waals surface area contributed by atoms with Gasteiger partial charge < -0.3 is 18.9 Å². The minimum Gasteiger partial charge on any atom is -0.493 e. The van der Waals surface area contributed by atoms with Gasteiger partial charge in [0.15, 0.2) is 11.4 Å². The fourth-order valence-corrected chi connectivity index (χ4v) is 5.61. The average Bonchev–Trinajstić information content (AvgIpc) is 3.33. The van der Waals surface area contributed by atoms with Crippen LogP contribution in [-0.2, 0) is 11.3 Å². The van der Waals surface area contributed by atoms with Crippen LogP contribution in [-0.4, -0.2) is 80.1 Å². The lowest BCUT2D eigenvalue weighted by Gasteiger charge is -2.46. The molecular weight excluding hydrogens is 428 g/mol. The molecule has 0 radical (unpaired) electrons. The van der Waals surface area contributed by atoms with E-state index in [4.69, 9.17) is 14.0 Å². The number of piperidine rings is 1. The molecule has 0 N–H and O–H groups in total. The highest BCUT2D eigenvalue weighted by Crippen LogP contribution is 2.31. The Bertz CT molecular complexity index is 1080. The van der Waals surface area contributed by atoms with Crippen molar-refractivity contribution in [3.05, 3.63) is 54.1 Å². The number of benzene rings is 2. The van der Waals surface area contributed by atoms with E-state index in [1.807, 2.05) is 12.1 Å². The molecule has 4 heterocycles. The zero-order valence-electron chi connectivity index (χ0n) is 19.8. The van der Waals surface area contributed by atoms with Crippen molar-refractivity contribution in [2.24, 2.45) is 5.92 Å². The van der Waals surface area contributed by atoms with Crippen LogP contribution >= 0.6 is 0 Å². The molecule has 6 rings (SSSR count). The maximum atomic E-state index is 6.21. The molecule has 0 spiro atoms. The summed E-state index contributed by atoms with van der Waals surface area (Å²) < 4.78 is 17.2. The van der Waals surface area contributed by atoms with Crippen LogP contribution in [0.2, 0.25) is 0 Å². The molecular formula is C27H34N4O3. The standard InChI is InChI=1S/C27H34N4O3/c1-2-4-26-25(3-1)27(28-34-26)31-12-11-30-18-22(5-8-23(30)19-31)20-33-24-9-6-21(7-10-24)17-29-13-15-32-16-14-29/h1-4,6-7,9-10,22-23H,5,8,11-20H2/t22-,23+/m1/s1. The third-order valence-electron chi connectivity index (χ3n) is 7.58. The van der Waals surface area contributed by atoms with Gasteiger partial charge in [-0.2, -0.15) is 0 Å². The number of fused-ring (bicyclic) bond motifs is 2. The summed E-state index contributed by atoms with van der Waals surface area (Å²) in [4.78, 5) is 7.51. The molecule has 3 aliphatic rings. The first-order valence-electron chi connectivity index (χ1n) is 12.7. The van der Waals surface area contributed by atoms with Crippen molar-refractivity contribution in [2.75, 3.05) is 64.0 Å². The predicted octanol–water partition coefficient (Wildman–Crippen LogP) is 3.64. The number of rotatable bonds is 6. The molecule has 7 heteroatoms. The van der Waals surface area contributed by atoms with Gasteiger partial charge in [0, 0.05) is 57.8 Å². The SMILES string of the molecule is c1ccc2c(N3CCN4C[C@H](COc5ccc(CN6CCOCC6)cc5)CC[C@H]4C3)noc2c1. The first-order valence-corrected chi connectivity index (χ1v) is 12.7. The van der Waals surface area contributed by atoms with E-state index in [1.54, 1.807) is 0 Å². The van der Waals surface area contributed by atoms with Gasteiger partial charge in [0.1, 0.15) is 5.75 Å². The van der Waals surface area contributed by atoms with Crippen molar-refractivity contribution < 1.29 is 14.0 Å². The Balaban J connectivity index is 0.987. The number of morpholine rings is 1. The number of nitrogens with zero attached hydrogens (tertiary/aromatic N) is 4. The zero-order chi connectivity index (χ0) is 22.7. The maximum absolute atomic E-state index is 6.21. The molecule has 180 valence electrons. The Morgan fingerprint density at radius 3 is 2.65 bits per heavy atom. The number of hydrogen-bond acceptors (Lipinski definition) is 7. The van der Waals surface area contributed by atoms with Gasteiger partial charge in [-0.15, -0.1) is 0 Å². The molecule has 2 aromatic carbocycles. The lowest BCUT2D eigenvalue weighted by Crippen LogP contribution is -2.57. The molecule has 1 aromatic heterocycles. The van der Waals surface area contributed by atoms with E-state index in [1.165, 1.54) is 18.4 Å². The molecule has 3 aliphatic heterocycles. The molecule has 0 saturated carbocycles. The van der Waals surface area contributed by atoms with Crippen LogP contribution in [0, 0.1) is 5.92 Å².